The number of carbonyl (C=O) groups is 4. The number of benzene rings is 1. The summed E-state index contributed by atoms with van der Waals surface area (Å²) in [5.74, 6) is -2.83. The molecule has 9 unspecified atom stereocenters. The Morgan fingerprint density at radius 1 is 1.02 bits per heavy atom. The van der Waals surface area contributed by atoms with E-state index in [1.807, 2.05) is 10.8 Å². The number of alkyl carbamates (subject to hydrolysis) is 1. The summed E-state index contributed by atoms with van der Waals surface area (Å²) in [5, 5.41) is 5.30. The smallest absolute Gasteiger partial charge is 0.408 e. The van der Waals surface area contributed by atoms with E-state index in [1.165, 1.54) is 18.9 Å². The molecule has 0 radical (unpaired) electrons. The first-order valence-electron chi connectivity index (χ1n) is 21.3. The molecule has 18 heteroatoms. The van der Waals surface area contributed by atoms with Crippen molar-refractivity contribution in [1.82, 2.24) is 30.2 Å². The van der Waals surface area contributed by atoms with Crippen molar-refractivity contribution in [2.75, 3.05) is 13.7 Å². The molecule has 4 bridgehead atoms. The van der Waals surface area contributed by atoms with Gasteiger partial charge in [-0.2, -0.15) is 0 Å². The predicted molar refractivity (Wildman–Crippen MR) is 213 cm³/mol. The van der Waals surface area contributed by atoms with Gasteiger partial charge >= 0.3 is 6.09 Å². The summed E-state index contributed by atoms with van der Waals surface area (Å²) in [4.78, 5) is 67.7. The van der Waals surface area contributed by atoms with Crippen LogP contribution in [0.15, 0.2) is 18.2 Å². The standard InChI is InChI=1S/C42H56F2N6O9S/c1-40(2,3)33-37(52)50-21-25(19-31(50)35(51)48-42(20-27(42)34(43)44)38(53)49-60(55,56)41(4)15-16-41)58-36-29(45-28-14-13-24(57-5)18-30(28)46-36)10-8-6-7-9-26-22-11-12-23(17-22)32(26)59-39(54)47-33/h13-14,18,22-23,25-27,31-34H,6-12,15-17,19-21H2,1-5H3,(H,47,54)(H,48,51)(H,49,53). The van der Waals surface area contributed by atoms with E-state index in [9.17, 15) is 36.4 Å². The van der Waals surface area contributed by atoms with Gasteiger partial charge in [-0.25, -0.2) is 32.0 Å². The highest BCUT2D eigenvalue weighted by atomic mass is 32.2. The van der Waals surface area contributed by atoms with Gasteiger partial charge in [0.15, 0.2) is 0 Å². The zero-order valence-corrected chi connectivity index (χ0v) is 35.6. The second-order valence-corrected chi connectivity index (χ2v) is 21.4. The highest BCUT2D eigenvalue weighted by Gasteiger charge is 2.67. The van der Waals surface area contributed by atoms with Gasteiger partial charge in [0.2, 0.25) is 34.1 Å². The number of hydrogen-bond acceptors (Lipinski definition) is 11. The Morgan fingerprint density at radius 3 is 2.45 bits per heavy atom. The van der Waals surface area contributed by atoms with Crippen LogP contribution >= 0.6 is 0 Å². The lowest BCUT2D eigenvalue weighted by molar-refractivity contribution is -0.143. The molecule has 1 aromatic carbocycles. The lowest BCUT2D eigenvalue weighted by atomic mass is 9.82. The minimum absolute atomic E-state index is 0.142. The minimum Gasteiger partial charge on any atom is -0.497 e. The third-order valence-electron chi connectivity index (χ3n) is 14.0. The Kier molecular flexibility index (Phi) is 11.0. The highest BCUT2D eigenvalue weighted by Crippen LogP contribution is 2.52. The van der Waals surface area contributed by atoms with Crippen molar-refractivity contribution < 1.29 is 50.6 Å². The van der Waals surface area contributed by atoms with Gasteiger partial charge in [-0.3, -0.25) is 19.1 Å². The Balaban J connectivity index is 1.14. The molecule has 4 amide bonds. The van der Waals surface area contributed by atoms with Gasteiger partial charge in [0.05, 0.1) is 35.4 Å². The number of aryl methyl sites for hydroxylation is 1. The van der Waals surface area contributed by atoms with Crippen LogP contribution in [0.4, 0.5) is 13.6 Å². The fraction of sp³-hybridized carbons (Fsp3) is 0.714. The molecule has 4 aliphatic carbocycles. The van der Waals surface area contributed by atoms with Crippen LogP contribution in [0.1, 0.15) is 104 Å². The zero-order valence-electron chi connectivity index (χ0n) is 34.8. The lowest BCUT2D eigenvalue weighted by Crippen LogP contribution is -2.60. The third kappa shape index (κ3) is 7.96. The van der Waals surface area contributed by atoms with E-state index in [0.717, 1.165) is 44.9 Å². The number of amides is 4. The zero-order chi connectivity index (χ0) is 42.9. The number of hydrogen-bond donors (Lipinski definition) is 3. The molecule has 1 aromatic heterocycles. The van der Waals surface area contributed by atoms with Crippen molar-refractivity contribution in [3.8, 4) is 11.6 Å². The quantitative estimate of drug-likeness (QED) is 0.346. The highest BCUT2D eigenvalue weighted by molar-refractivity contribution is 7.91. The SMILES string of the molecule is COc1ccc2nc3c(nc2c1)OC1CC(C(=O)NC2(C(=O)NS(=O)(=O)C4(C)CC4)CC2C(F)F)N(C1)C(=O)C(C(C)(C)C)NC(=O)OC1C2CCC(C2)C1CCCCC3. The predicted octanol–water partition coefficient (Wildman–Crippen LogP) is 4.80. The van der Waals surface area contributed by atoms with Crippen molar-refractivity contribution in [3.05, 3.63) is 23.9 Å². The molecule has 15 nitrogen and oxygen atoms in total. The average molecular weight is 859 g/mol. The molecule has 9 atom stereocenters. The van der Waals surface area contributed by atoms with Crippen molar-refractivity contribution in [2.24, 2.45) is 29.1 Å². The van der Waals surface area contributed by atoms with E-state index in [4.69, 9.17) is 24.2 Å². The van der Waals surface area contributed by atoms with Crippen molar-refractivity contribution >= 4 is 44.9 Å². The van der Waals surface area contributed by atoms with Gasteiger partial charge in [0, 0.05) is 12.5 Å². The number of ether oxygens (including phenoxy) is 3. The first-order valence-corrected chi connectivity index (χ1v) is 22.8. The fourth-order valence-corrected chi connectivity index (χ4v) is 11.3. The van der Waals surface area contributed by atoms with Gasteiger partial charge in [0.1, 0.15) is 41.3 Å². The van der Waals surface area contributed by atoms with Crippen LogP contribution in [0, 0.1) is 29.1 Å². The second kappa shape index (κ2) is 15.5. The van der Waals surface area contributed by atoms with Crippen LogP contribution < -0.4 is 24.8 Å². The van der Waals surface area contributed by atoms with Crippen molar-refractivity contribution in [1.29, 1.82) is 0 Å². The monoisotopic (exact) mass is 858 g/mol. The van der Waals surface area contributed by atoms with Crippen LogP contribution in [0.25, 0.3) is 11.0 Å². The van der Waals surface area contributed by atoms with E-state index in [-0.39, 0.29) is 36.8 Å². The lowest BCUT2D eigenvalue weighted by Gasteiger charge is -2.36. The maximum atomic E-state index is 14.8. The molecule has 60 heavy (non-hydrogen) atoms. The van der Waals surface area contributed by atoms with E-state index in [2.05, 4.69) is 10.6 Å². The van der Waals surface area contributed by atoms with Crippen LogP contribution in [-0.2, 0) is 35.6 Å². The number of methoxy groups -OCH3 is 1. The molecule has 3 N–H and O–H groups in total. The topological polar surface area (TPSA) is 195 Å². The van der Waals surface area contributed by atoms with Crippen LogP contribution in [0.5, 0.6) is 11.6 Å². The Hall–Kier alpha value is -4.35. The molecule has 8 rings (SSSR count). The van der Waals surface area contributed by atoms with Crippen LogP contribution in [0.3, 0.4) is 0 Å². The molecule has 328 valence electrons. The number of nitrogens with one attached hydrogen (secondary N) is 3. The summed E-state index contributed by atoms with van der Waals surface area (Å²) in [6.45, 7) is 6.59. The number of aromatic nitrogens is 2. The van der Waals surface area contributed by atoms with Crippen LogP contribution in [0.2, 0.25) is 0 Å². The molecule has 3 heterocycles. The molecule has 2 aromatic rings. The average Bonchev–Trinajstić information content (AvgIpc) is 3.94. The molecule has 1 saturated heterocycles. The van der Waals surface area contributed by atoms with Gasteiger partial charge in [-0.15, -0.1) is 0 Å². The maximum absolute atomic E-state index is 14.8. The first-order chi connectivity index (χ1) is 28.3. The van der Waals surface area contributed by atoms with Gasteiger partial charge in [-0.05, 0) is 100 Å². The number of alkyl halides is 2. The Morgan fingerprint density at radius 2 is 1.77 bits per heavy atom. The molecule has 4 saturated carbocycles. The molecular weight excluding hydrogens is 803 g/mol. The van der Waals surface area contributed by atoms with Gasteiger partial charge in [-0.1, -0.05) is 33.6 Å². The molecule has 5 fully saturated rings. The summed E-state index contributed by atoms with van der Waals surface area (Å²) in [7, 11) is -2.70. The minimum atomic E-state index is -4.24. The second-order valence-electron chi connectivity index (χ2n) is 19.2. The fourth-order valence-electron chi connectivity index (χ4n) is 9.99. The number of fused-ring (bicyclic) bond motifs is 9. The summed E-state index contributed by atoms with van der Waals surface area (Å²) in [6, 6.07) is 2.76. The van der Waals surface area contributed by atoms with Crippen LogP contribution in [-0.4, -0.2) is 102 Å². The molecular formula is C42H56F2N6O9S. The number of carbonyl (C=O) groups excluding carboxylic acids is 4. The Labute approximate surface area is 348 Å². The summed E-state index contributed by atoms with van der Waals surface area (Å²) >= 11 is 0. The van der Waals surface area contributed by atoms with Crippen molar-refractivity contribution in [2.45, 2.75) is 146 Å². The van der Waals surface area contributed by atoms with E-state index >= 15 is 0 Å². The Bertz CT molecular complexity index is 2170. The van der Waals surface area contributed by atoms with E-state index in [1.54, 1.807) is 32.9 Å². The van der Waals surface area contributed by atoms with E-state index in [0.29, 0.717) is 47.7 Å². The summed E-state index contributed by atoms with van der Waals surface area (Å²) < 4.78 is 73.6. The number of halogens is 2. The van der Waals surface area contributed by atoms with Gasteiger partial charge < -0.3 is 29.7 Å². The van der Waals surface area contributed by atoms with E-state index < -0.39 is 86.5 Å². The normalized spacial score (nSPS) is 32.8. The molecule has 6 aliphatic rings. The third-order valence-corrected chi connectivity index (χ3v) is 16.2. The summed E-state index contributed by atoms with van der Waals surface area (Å²) in [6.07, 6.45) is 2.09. The van der Waals surface area contributed by atoms with Gasteiger partial charge in [0.25, 0.3) is 5.91 Å². The largest absolute Gasteiger partial charge is 0.497 e. The first kappa shape index (κ1) is 42.3. The number of sulfonamides is 1. The molecule has 2 aliphatic heterocycles. The van der Waals surface area contributed by atoms with Crippen molar-refractivity contribution in [3.63, 3.8) is 0 Å². The number of rotatable bonds is 7. The number of nitrogens with zero attached hydrogens (tertiary/aromatic N) is 3. The summed E-state index contributed by atoms with van der Waals surface area (Å²) in [5.41, 5.74) is -1.40. The maximum Gasteiger partial charge on any atom is 0.408 e. The molecule has 0 spiro atoms.